The van der Waals surface area contributed by atoms with Crippen LogP contribution in [-0.2, 0) is 6.54 Å². The fraction of sp³-hybridized carbons (Fsp3) is 0.889. The summed E-state index contributed by atoms with van der Waals surface area (Å²) in [6, 6.07) is 0.420. The SMILES string of the molecule is CN(O)Cc1nnnn1C1CCCCC1. The van der Waals surface area contributed by atoms with Gasteiger partial charge in [0.1, 0.15) is 0 Å². The van der Waals surface area contributed by atoms with Gasteiger partial charge in [0.15, 0.2) is 5.82 Å². The molecule has 0 aliphatic heterocycles. The molecule has 0 radical (unpaired) electrons. The summed E-state index contributed by atoms with van der Waals surface area (Å²) in [7, 11) is 1.60. The van der Waals surface area contributed by atoms with Crippen molar-refractivity contribution in [3.63, 3.8) is 0 Å². The summed E-state index contributed by atoms with van der Waals surface area (Å²) < 4.78 is 1.87. The van der Waals surface area contributed by atoms with Crippen LogP contribution in [0.15, 0.2) is 0 Å². The molecule has 0 saturated heterocycles. The molecular weight excluding hydrogens is 194 g/mol. The van der Waals surface area contributed by atoms with Gasteiger partial charge in [0.25, 0.3) is 0 Å². The topological polar surface area (TPSA) is 67.1 Å². The molecule has 1 saturated carbocycles. The second kappa shape index (κ2) is 4.67. The molecule has 1 heterocycles. The highest BCUT2D eigenvalue weighted by Crippen LogP contribution is 2.27. The predicted molar refractivity (Wildman–Crippen MR) is 53.2 cm³/mol. The normalized spacial score (nSPS) is 18.6. The fourth-order valence-corrected chi connectivity index (χ4v) is 2.13. The van der Waals surface area contributed by atoms with E-state index >= 15 is 0 Å². The average Bonchev–Trinajstić information content (AvgIpc) is 2.66. The lowest BCUT2D eigenvalue weighted by Crippen LogP contribution is -2.21. The molecule has 0 aromatic carbocycles. The second-order valence-electron chi connectivity index (χ2n) is 4.15. The van der Waals surface area contributed by atoms with Crippen molar-refractivity contribution in [1.82, 2.24) is 25.3 Å². The number of tetrazole rings is 1. The number of hydrogen-bond donors (Lipinski definition) is 1. The van der Waals surface area contributed by atoms with Gasteiger partial charge in [-0.2, -0.15) is 5.06 Å². The van der Waals surface area contributed by atoms with Gasteiger partial charge in [-0.05, 0) is 23.3 Å². The standard InChI is InChI=1S/C9H17N5O/c1-13(15)7-9-10-11-12-14(9)8-5-3-2-4-6-8/h8,15H,2-7H2,1H3. The Hall–Kier alpha value is -1.01. The van der Waals surface area contributed by atoms with Crippen LogP contribution in [-0.4, -0.2) is 37.5 Å². The van der Waals surface area contributed by atoms with Crippen molar-refractivity contribution in [2.24, 2.45) is 0 Å². The largest absolute Gasteiger partial charge is 0.314 e. The molecule has 1 aromatic rings. The Morgan fingerprint density at radius 2 is 2.13 bits per heavy atom. The molecule has 1 aromatic heterocycles. The highest BCUT2D eigenvalue weighted by Gasteiger charge is 2.20. The van der Waals surface area contributed by atoms with E-state index in [1.807, 2.05) is 4.68 Å². The van der Waals surface area contributed by atoms with Crippen LogP contribution in [0.5, 0.6) is 0 Å². The Kier molecular flexibility index (Phi) is 3.27. The zero-order valence-electron chi connectivity index (χ0n) is 9.00. The molecule has 1 aliphatic carbocycles. The Balaban J connectivity index is 2.09. The fourth-order valence-electron chi connectivity index (χ4n) is 2.13. The highest BCUT2D eigenvalue weighted by atomic mass is 16.5. The van der Waals surface area contributed by atoms with Gasteiger partial charge >= 0.3 is 0 Å². The van der Waals surface area contributed by atoms with E-state index in [0.29, 0.717) is 12.6 Å². The Bertz CT molecular complexity index is 305. The summed E-state index contributed by atoms with van der Waals surface area (Å²) in [5.74, 6) is 0.743. The minimum Gasteiger partial charge on any atom is -0.314 e. The summed E-state index contributed by atoms with van der Waals surface area (Å²) in [5.41, 5.74) is 0. The quantitative estimate of drug-likeness (QED) is 0.755. The molecule has 0 atom stereocenters. The number of rotatable bonds is 3. The number of hydrogen-bond acceptors (Lipinski definition) is 5. The van der Waals surface area contributed by atoms with E-state index < -0.39 is 0 Å². The molecule has 15 heavy (non-hydrogen) atoms. The molecular formula is C9H17N5O. The van der Waals surface area contributed by atoms with Gasteiger partial charge in [0, 0.05) is 7.05 Å². The number of hydroxylamine groups is 2. The maximum atomic E-state index is 9.17. The lowest BCUT2D eigenvalue weighted by molar-refractivity contribution is -0.0763. The molecule has 0 bridgehead atoms. The van der Waals surface area contributed by atoms with Crippen LogP contribution in [0.1, 0.15) is 44.0 Å². The number of nitrogens with zero attached hydrogens (tertiary/aromatic N) is 5. The first-order valence-electron chi connectivity index (χ1n) is 5.44. The first-order valence-corrected chi connectivity index (χ1v) is 5.44. The molecule has 1 fully saturated rings. The van der Waals surface area contributed by atoms with Crippen LogP contribution in [0.3, 0.4) is 0 Å². The van der Waals surface area contributed by atoms with E-state index in [1.165, 1.54) is 19.3 Å². The van der Waals surface area contributed by atoms with Crippen molar-refractivity contribution in [1.29, 1.82) is 0 Å². The Labute approximate surface area is 88.8 Å². The zero-order chi connectivity index (χ0) is 10.7. The molecule has 1 N–H and O–H groups in total. The first kappa shape index (κ1) is 10.5. The smallest absolute Gasteiger partial charge is 0.167 e. The van der Waals surface area contributed by atoms with Crippen LogP contribution >= 0.6 is 0 Å². The molecule has 0 amide bonds. The Morgan fingerprint density at radius 3 is 2.80 bits per heavy atom. The highest BCUT2D eigenvalue weighted by molar-refractivity contribution is 4.84. The van der Waals surface area contributed by atoms with Crippen molar-refractivity contribution in [2.75, 3.05) is 7.05 Å². The first-order chi connectivity index (χ1) is 7.27. The summed E-state index contributed by atoms with van der Waals surface area (Å²) in [5, 5.41) is 21.9. The summed E-state index contributed by atoms with van der Waals surface area (Å²) in [6.07, 6.45) is 6.10. The van der Waals surface area contributed by atoms with Gasteiger partial charge in [-0.15, -0.1) is 5.10 Å². The summed E-state index contributed by atoms with van der Waals surface area (Å²) >= 11 is 0. The van der Waals surface area contributed by atoms with E-state index in [0.717, 1.165) is 23.7 Å². The molecule has 6 heteroatoms. The van der Waals surface area contributed by atoms with Gasteiger partial charge < -0.3 is 5.21 Å². The van der Waals surface area contributed by atoms with E-state index in [-0.39, 0.29) is 0 Å². The molecule has 1 aliphatic rings. The van der Waals surface area contributed by atoms with E-state index in [2.05, 4.69) is 15.5 Å². The average molecular weight is 211 g/mol. The van der Waals surface area contributed by atoms with Crippen LogP contribution in [0.2, 0.25) is 0 Å². The van der Waals surface area contributed by atoms with E-state index in [9.17, 15) is 5.21 Å². The Morgan fingerprint density at radius 1 is 1.40 bits per heavy atom. The van der Waals surface area contributed by atoms with E-state index in [4.69, 9.17) is 0 Å². The number of aromatic nitrogens is 4. The summed E-state index contributed by atoms with van der Waals surface area (Å²) in [6.45, 7) is 0.378. The molecule has 2 rings (SSSR count). The van der Waals surface area contributed by atoms with Crippen molar-refractivity contribution >= 4 is 0 Å². The minimum atomic E-state index is 0.378. The third kappa shape index (κ3) is 2.51. The van der Waals surface area contributed by atoms with Gasteiger partial charge in [0.05, 0.1) is 12.6 Å². The monoisotopic (exact) mass is 211 g/mol. The van der Waals surface area contributed by atoms with E-state index in [1.54, 1.807) is 7.05 Å². The second-order valence-corrected chi connectivity index (χ2v) is 4.15. The third-order valence-electron chi connectivity index (χ3n) is 2.85. The minimum absolute atomic E-state index is 0.378. The molecule has 0 unspecified atom stereocenters. The predicted octanol–water partition coefficient (Wildman–Crippen LogP) is 0.999. The molecule has 6 nitrogen and oxygen atoms in total. The molecule has 0 spiro atoms. The lowest BCUT2D eigenvalue weighted by Gasteiger charge is -2.22. The molecule has 84 valence electrons. The van der Waals surface area contributed by atoms with Gasteiger partial charge in [0.2, 0.25) is 0 Å². The van der Waals surface area contributed by atoms with Gasteiger partial charge in [-0.3, -0.25) is 0 Å². The van der Waals surface area contributed by atoms with Crippen molar-refractivity contribution < 1.29 is 5.21 Å². The zero-order valence-corrected chi connectivity index (χ0v) is 9.00. The van der Waals surface area contributed by atoms with Crippen molar-refractivity contribution in [3.05, 3.63) is 5.82 Å². The maximum Gasteiger partial charge on any atom is 0.167 e. The van der Waals surface area contributed by atoms with Crippen molar-refractivity contribution in [3.8, 4) is 0 Å². The van der Waals surface area contributed by atoms with Crippen LogP contribution in [0, 0.1) is 0 Å². The van der Waals surface area contributed by atoms with Crippen LogP contribution in [0.4, 0.5) is 0 Å². The lowest BCUT2D eigenvalue weighted by atomic mass is 9.96. The maximum absolute atomic E-state index is 9.17. The van der Waals surface area contributed by atoms with Gasteiger partial charge in [-0.1, -0.05) is 19.3 Å². The third-order valence-corrected chi connectivity index (χ3v) is 2.85. The van der Waals surface area contributed by atoms with Crippen LogP contribution in [0.25, 0.3) is 0 Å². The van der Waals surface area contributed by atoms with Gasteiger partial charge in [-0.25, -0.2) is 4.68 Å². The van der Waals surface area contributed by atoms with Crippen molar-refractivity contribution in [2.45, 2.75) is 44.7 Å². The van der Waals surface area contributed by atoms with Crippen LogP contribution < -0.4 is 0 Å². The summed E-state index contributed by atoms with van der Waals surface area (Å²) in [4.78, 5) is 0.